The molecule has 1 aliphatic rings. The molecule has 1 unspecified atom stereocenters. The van der Waals surface area contributed by atoms with Crippen LogP contribution in [0.2, 0.25) is 0 Å². The molecule has 1 fully saturated rings. The Morgan fingerprint density at radius 2 is 2.17 bits per heavy atom. The molecule has 7 nitrogen and oxygen atoms in total. The molecule has 29 heavy (non-hydrogen) atoms. The molecular formula is C21H24FN5O2. The Morgan fingerprint density at radius 1 is 1.28 bits per heavy atom. The Kier molecular flexibility index (Phi) is 5.71. The number of halogens is 1. The average molecular weight is 397 g/mol. The lowest BCUT2D eigenvalue weighted by Gasteiger charge is -2.26. The molecule has 3 aromatic rings. The maximum atomic E-state index is 13.7. The van der Waals surface area contributed by atoms with Gasteiger partial charge in [0.25, 0.3) is 5.91 Å². The number of amides is 1. The molecule has 1 atom stereocenters. The smallest absolute Gasteiger partial charge is 0.271 e. The summed E-state index contributed by atoms with van der Waals surface area (Å²) in [6.45, 7) is 1.41. The Hall–Kier alpha value is -3.00. The first-order valence-electron chi connectivity index (χ1n) is 9.93. The van der Waals surface area contributed by atoms with Gasteiger partial charge in [0, 0.05) is 19.7 Å². The molecule has 2 N–H and O–H groups in total. The molecule has 3 heterocycles. The monoisotopic (exact) mass is 397 g/mol. The largest absolute Gasteiger partial charge is 0.396 e. The van der Waals surface area contributed by atoms with Crippen LogP contribution in [0, 0.1) is 5.82 Å². The molecule has 1 aromatic carbocycles. The summed E-state index contributed by atoms with van der Waals surface area (Å²) in [5, 5.41) is 16.3. The lowest BCUT2D eigenvalue weighted by atomic mass is 10.0. The van der Waals surface area contributed by atoms with Crippen molar-refractivity contribution in [2.75, 3.05) is 24.6 Å². The van der Waals surface area contributed by atoms with Gasteiger partial charge < -0.3 is 15.3 Å². The number of unbranched alkanes of at least 4 members (excludes halogenated alkanes) is 1. The average Bonchev–Trinajstić information content (AvgIpc) is 3.37. The summed E-state index contributed by atoms with van der Waals surface area (Å²) in [6, 6.07) is 10.5. The number of benzene rings is 1. The normalized spacial score (nSPS) is 16.5. The van der Waals surface area contributed by atoms with Gasteiger partial charge in [-0.1, -0.05) is 12.1 Å². The number of carbonyl (C=O) groups is 1. The summed E-state index contributed by atoms with van der Waals surface area (Å²) in [7, 11) is 0. The predicted octanol–water partition coefficient (Wildman–Crippen LogP) is 2.71. The maximum Gasteiger partial charge on any atom is 0.271 e. The van der Waals surface area contributed by atoms with Crippen LogP contribution in [0.5, 0.6) is 0 Å². The van der Waals surface area contributed by atoms with E-state index in [1.54, 1.807) is 16.6 Å². The van der Waals surface area contributed by atoms with Gasteiger partial charge in [-0.3, -0.25) is 4.79 Å². The molecule has 0 bridgehead atoms. The van der Waals surface area contributed by atoms with Crippen LogP contribution in [-0.4, -0.2) is 45.3 Å². The lowest BCUT2D eigenvalue weighted by Crippen LogP contribution is -2.27. The van der Waals surface area contributed by atoms with E-state index in [1.807, 2.05) is 18.2 Å². The quantitative estimate of drug-likeness (QED) is 0.599. The van der Waals surface area contributed by atoms with Crippen molar-refractivity contribution in [3.63, 3.8) is 0 Å². The first kappa shape index (κ1) is 19.3. The van der Waals surface area contributed by atoms with E-state index in [-0.39, 0.29) is 24.4 Å². The summed E-state index contributed by atoms with van der Waals surface area (Å²) < 4.78 is 15.3. The molecule has 1 amide bonds. The van der Waals surface area contributed by atoms with Crippen molar-refractivity contribution in [1.29, 1.82) is 0 Å². The van der Waals surface area contributed by atoms with E-state index < -0.39 is 0 Å². The van der Waals surface area contributed by atoms with E-state index in [0.29, 0.717) is 30.7 Å². The van der Waals surface area contributed by atoms with Gasteiger partial charge in [0.1, 0.15) is 11.6 Å². The van der Waals surface area contributed by atoms with Gasteiger partial charge >= 0.3 is 0 Å². The van der Waals surface area contributed by atoms with Crippen LogP contribution in [-0.2, 0) is 0 Å². The van der Waals surface area contributed by atoms with Crippen molar-refractivity contribution in [3.05, 3.63) is 59.7 Å². The minimum Gasteiger partial charge on any atom is -0.396 e. The fourth-order valence-electron chi connectivity index (χ4n) is 3.80. The zero-order valence-electron chi connectivity index (χ0n) is 16.1. The second kappa shape index (κ2) is 8.57. The number of nitrogens with one attached hydrogen (secondary N) is 1. The van der Waals surface area contributed by atoms with Crippen LogP contribution in [0.15, 0.2) is 42.6 Å². The molecule has 152 valence electrons. The summed E-state index contributed by atoms with van der Waals surface area (Å²) in [4.78, 5) is 18.9. The van der Waals surface area contributed by atoms with E-state index >= 15 is 0 Å². The van der Waals surface area contributed by atoms with Crippen LogP contribution in [0.4, 0.5) is 10.2 Å². The molecule has 4 rings (SSSR count). The minimum absolute atomic E-state index is 0.0509. The number of hydrogen-bond donors (Lipinski definition) is 2. The van der Waals surface area contributed by atoms with E-state index in [4.69, 9.17) is 5.11 Å². The zero-order chi connectivity index (χ0) is 20.2. The fraction of sp³-hybridized carbons (Fsp3) is 0.381. The van der Waals surface area contributed by atoms with Gasteiger partial charge in [-0.2, -0.15) is 0 Å². The molecule has 0 radical (unpaired) electrons. The molecule has 8 heteroatoms. The van der Waals surface area contributed by atoms with Gasteiger partial charge in [-0.05, 0) is 55.5 Å². The van der Waals surface area contributed by atoms with Gasteiger partial charge in [0.15, 0.2) is 11.3 Å². The second-order valence-electron chi connectivity index (χ2n) is 7.20. The molecular weight excluding hydrogens is 373 g/mol. The first-order valence-corrected chi connectivity index (χ1v) is 9.93. The third-order valence-electron chi connectivity index (χ3n) is 5.23. The SMILES string of the molecule is O=C(NCCCCO)c1cnc2ccc(N3CCCC3c3cccc(F)c3)nn12. The molecule has 0 spiro atoms. The molecule has 2 aromatic heterocycles. The standard InChI is InChI=1S/C21H24FN5O2/c22-16-6-3-5-15(13-16)17-7-4-11-26(17)20-9-8-19-24-14-18(27(19)25-20)21(29)23-10-1-2-12-28/h3,5-6,8-9,13-14,17,28H,1-2,4,7,10-12H2,(H,23,29). The minimum atomic E-state index is -0.247. The van der Waals surface area contributed by atoms with Crippen LogP contribution >= 0.6 is 0 Å². The third-order valence-corrected chi connectivity index (χ3v) is 5.23. The molecule has 0 aliphatic carbocycles. The van der Waals surface area contributed by atoms with Crippen molar-refractivity contribution in [1.82, 2.24) is 19.9 Å². The topological polar surface area (TPSA) is 82.8 Å². The van der Waals surface area contributed by atoms with Crippen LogP contribution in [0.1, 0.15) is 47.8 Å². The number of aliphatic hydroxyl groups excluding tert-OH is 1. The van der Waals surface area contributed by atoms with Crippen LogP contribution < -0.4 is 10.2 Å². The summed E-state index contributed by atoms with van der Waals surface area (Å²) in [6.07, 6.45) is 4.78. The van der Waals surface area contributed by atoms with Gasteiger partial charge in [0.2, 0.25) is 0 Å². The summed E-state index contributed by atoms with van der Waals surface area (Å²) >= 11 is 0. The van der Waals surface area contributed by atoms with Gasteiger partial charge in [0.05, 0.1) is 12.2 Å². The highest BCUT2D eigenvalue weighted by Crippen LogP contribution is 2.35. The first-order chi connectivity index (χ1) is 14.2. The Balaban J connectivity index is 1.59. The van der Waals surface area contributed by atoms with Crippen molar-refractivity contribution >= 4 is 17.4 Å². The highest BCUT2D eigenvalue weighted by molar-refractivity contribution is 5.93. The third kappa shape index (κ3) is 4.07. The zero-order valence-corrected chi connectivity index (χ0v) is 16.1. The van der Waals surface area contributed by atoms with E-state index in [9.17, 15) is 9.18 Å². The molecule has 1 saturated heterocycles. The highest BCUT2D eigenvalue weighted by atomic mass is 19.1. The maximum absolute atomic E-state index is 13.7. The van der Waals surface area contributed by atoms with Crippen molar-refractivity contribution in [3.8, 4) is 0 Å². The number of rotatable bonds is 7. The van der Waals surface area contributed by atoms with Gasteiger partial charge in [-0.15, -0.1) is 5.10 Å². The van der Waals surface area contributed by atoms with E-state index in [1.165, 1.54) is 12.3 Å². The number of aliphatic hydroxyl groups is 1. The van der Waals surface area contributed by atoms with Crippen molar-refractivity contribution in [2.24, 2.45) is 0 Å². The lowest BCUT2D eigenvalue weighted by molar-refractivity contribution is 0.0945. The summed E-state index contributed by atoms with van der Waals surface area (Å²) in [5.41, 5.74) is 1.89. The van der Waals surface area contributed by atoms with Crippen LogP contribution in [0.3, 0.4) is 0 Å². The summed E-state index contributed by atoms with van der Waals surface area (Å²) in [5.74, 6) is 0.243. The Labute approximate surface area is 168 Å². The van der Waals surface area contributed by atoms with Crippen molar-refractivity contribution < 1.29 is 14.3 Å². The Bertz CT molecular complexity index is 1010. The van der Waals surface area contributed by atoms with E-state index in [2.05, 4.69) is 20.3 Å². The number of aromatic nitrogens is 3. The number of hydrogen-bond acceptors (Lipinski definition) is 5. The van der Waals surface area contributed by atoms with Gasteiger partial charge in [-0.25, -0.2) is 13.9 Å². The van der Waals surface area contributed by atoms with Crippen molar-refractivity contribution in [2.45, 2.75) is 31.7 Å². The second-order valence-corrected chi connectivity index (χ2v) is 7.20. The number of anilines is 1. The molecule has 1 aliphatic heterocycles. The highest BCUT2D eigenvalue weighted by Gasteiger charge is 2.28. The number of nitrogens with zero attached hydrogens (tertiary/aromatic N) is 4. The fourth-order valence-corrected chi connectivity index (χ4v) is 3.80. The number of carbonyl (C=O) groups excluding carboxylic acids is 1. The van der Waals surface area contributed by atoms with Crippen LogP contribution in [0.25, 0.3) is 5.65 Å². The predicted molar refractivity (Wildman–Crippen MR) is 107 cm³/mol. The molecule has 0 saturated carbocycles. The Morgan fingerprint density at radius 3 is 3.00 bits per heavy atom. The number of imidazole rings is 1. The number of fused-ring (bicyclic) bond motifs is 1. The van der Waals surface area contributed by atoms with E-state index in [0.717, 1.165) is 30.8 Å².